The zero-order valence-electron chi connectivity index (χ0n) is 10.1. The van der Waals surface area contributed by atoms with E-state index in [0.29, 0.717) is 11.8 Å². The van der Waals surface area contributed by atoms with Gasteiger partial charge in [-0.15, -0.1) is 11.3 Å². The maximum atomic E-state index is 11.8. The van der Waals surface area contributed by atoms with Crippen molar-refractivity contribution in [1.82, 2.24) is 5.32 Å². The molecule has 1 N–H and O–H groups in total. The summed E-state index contributed by atoms with van der Waals surface area (Å²) in [6, 6.07) is 1.92. The van der Waals surface area contributed by atoms with Crippen LogP contribution in [0.4, 0.5) is 0 Å². The maximum Gasteiger partial charge on any atom is 0.261 e. The Labute approximate surface area is 110 Å². The van der Waals surface area contributed by atoms with Crippen LogP contribution in [-0.2, 0) is 0 Å². The van der Waals surface area contributed by atoms with Crippen molar-refractivity contribution in [3.63, 3.8) is 0 Å². The minimum Gasteiger partial charge on any atom is -0.351 e. The Bertz CT molecular complexity index is 354. The molecule has 1 unspecified atom stereocenters. The van der Waals surface area contributed by atoms with E-state index in [-0.39, 0.29) is 5.91 Å². The van der Waals surface area contributed by atoms with Crippen molar-refractivity contribution in [3.05, 3.63) is 20.3 Å². The quantitative estimate of drug-likeness (QED) is 0.899. The Kier molecular flexibility index (Phi) is 4.99. The second kappa shape index (κ2) is 5.82. The van der Waals surface area contributed by atoms with Gasteiger partial charge < -0.3 is 5.32 Å². The summed E-state index contributed by atoms with van der Waals surface area (Å²) in [4.78, 5) is 12.6. The number of halogens is 1. The molecule has 1 aromatic rings. The molecule has 0 fully saturated rings. The first-order valence-electron chi connectivity index (χ1n) is 5.46. The molecule has 1 heterocycles. The largest absolute Gasteiger partial charge is 0.351 e. The van der Waals surface area contributed by atoms with Crippen molar-refractivity contribution in [2.75, 3.05) is 6.54 Å². The van der Waals surface area contributed by atoms with E-state index in [4.69, 9.17) is 0 Å². The molecule has 1 amide bonds. The highest BCUT2D eigenvalue weighted by atomic mass is 79.9. The molecule has 0 radical (unpaired) electrons. The molecule has 1 rings (SSSR count). The number of rotatable bonds is 4. The van der Waals surface area contributed by atoms with E-state index in [0.717, 1.165) is 20.8 Å². The van der Waals surface area contributed by atoms with E-state index < -0.39 is 0 Å². The number of thiophene rings is 1. The Morgan fingerprint density at radius 1 is 1.50 bits per heavy atom. The molecule has 0 aliphatic rings. The molecule has 0 bridgehead atoms. The van der Waals surface area contributed by atoms with E-state index >= 15 is 0 Å². The normalized spacial score (nSPS) is 12.9. The van der Waals surface area contributed by atoms with Gasteiger partial charge in [0.15, 0.2) is 0 Å². The van der Waals surface area contributed by atoms with Crippen LogP contribution >= 0.6 is 27.3 Å². The number of amides is 1. The Hall–Kier alpha value is -0.350. The third-order valence-electron chi connectivity index (χ3n) is 2.80. The number of hydrogen-bond donors (Lipinski definition) is 1. The molecule has 0 aliphatic carbocycles. The fraction of sp³-hybridized carbons (Fsp3) is 0.583. The molecule has 4 heteroatoms. The molecule has 2 nitrogen and oxygen atoms in total. The number of nitrogens with one attached hydrogen (secondary N) is 1. The van der Waals surface area contributed by atoms with E-state index in [1.807, 2.05) is 13.0 Å². The van der Waals surface area contributed by atoms with Gasteiger partial charge in [0.2, 0.25) is 0 Å². The number of carbonyl (C=O) groups excluding carboxylic acids is 1. The third-order valence-corrected chi connectivity index (χ3v) is 4.94. The fourth-order valence-electron chi connectivity index (χ4n) is 1.15. The van der Waals surface area contributed by atoms with Crippen LogP contribution in [0.2, 0.25) is 0 Å². The van der Waals surface area contributed by atoms with Crippen LogP contribution in [0, 0.1) is 18.8 Å². The lowest BCUT2D eigenvalue weighted by Crippen LogP contribution is -2.29. The molecule has 0 aromatic carbocycles. The summed E-state index contributed by atoms with van der Waals surface area (Å²) in [5.74, 6) is 1.14. The van der Waals surface area contributed by atoms with Gasteiger partial charge in [0.25, 0.3) is 5.91 Å². The Morgan fingerprint density at radius 2 is 2.12 bits per heavy atom. The van der Waals surface area contributed by atoms with Gasteiger partial charge in [-0.3, -0.25) is 4.79 Å². The highest BCUT2D eigenvalue weighted by molar-refractivity contribution is 9.11. The van der Waals surface area contributed by atoms with Crippen LogP contribution in [0.3, 0.4) is 0 Å². The minimum absolute atomic E-state index is 0.0336. The summed E-state index contributed by atoms with van der Waals surface area (Å²) in [6.07, 6.45) is 0. The second-order valence-electron chi connectivity index (χ2n) is 4.50. The molecule has 0 spiro atoms. The Balaban J connectivity index is 2.53. The van der Waals surface area contributed by atoms with E-state index in [9.17, 15) is 4.79 Å². The van der Waals surface area contributed by atoms with Crippen LogP contribution in [0.1, 0.15) is 36.0 Å². The Morgan fingerprint density at radius 3 is 2.56 bits per heavy atom. The fourth-order valence-corrected chi connectivity index (χ4v) is 2.60. The van der Waals surface area contributed by atoms with Crippen molar-refractivity contribution in [3.8, 4) is 0 Å². The first kappa shape index (κ1) is 13.7. The predicted octanol–water partition coefficient (Wildman–Crippen LogP) is 3.84. The maximum absolute atomic E-state index is 11.8. The molecule has 90 valence electrons. The zero-order valence-corrected chi connectivity index (χ0v) is 12.5. The van der Waals surface area contributed by atoms with Crippen molar-refractivity contribution in [1.29, 1.82) is 0 Å². The lowest BCUT2D eigenvalue weighted by Gasteiger charge is -2.15. The van der Waals surface area contributed by atoms with E-state index in [1.54, 1.807) is 0 Å². The van der Waals surface area contributed by atoms with Gasteiger partial charge in [-0.25, -0.2) is 0 Å². The average molecular weight is 304 g/mol. The summed E-state index contributed by atoms with van der Waals surface area (Å²) in [7, 11) is 0. The van der Waals surface area contributed by atoms with E-state index in [1.165, 1.54) is 11.3 Å². The van der Waals surface area contributed by atoms with Crippen molar-refractivity contribution in [2.45, 2.75) is 27.7 Å². The van der Waals surface area contributed by atoms with Crippen molar-refractivity contribution in [2.24, 2.45) is 11.8 Å². The van der Waals surface area contributed by atoms with Gasteiger partial charge in [0.05, 0.1) is 8.66 Å². The van der Waals surface area contributed by atoms with Gasteiger partial charge in [-0.2, -0.15) is 0 Å². The van der Waals surface area contributed by atoms with Gasteiger partial charge in [0.1, 0.15) is 0 Å². The first-order valence-corrected chi connectivity index (χ1v) is 7.07. The average Bonchev–Trinajstić information content (AvgIpc) is 2.55. The lowest BCUT2D eigenvalue weighted by atomic mass is 9.98. The molecular weight excluding hydrogens is 286 g/mol. The highest BCUT2D eigenvalue weighted by Gasteiger charge is 2.13. The molecule has 1 atom stereocenters. The predicted molar refractivity (Wildman–Crippen MR) is 73.1 cm³/mol. The molecule has 0 aliphatic heterocycles. The van der Waals surface area contributed by atoms with Gasteiger partial charge in [-0.1, -0.05) is 20.8 Å². The zero-order chi connectivity index (χ0) is 12.3. The van der Waals surface area contributed by atoms with Gasteiger partial charge >= 0.3 is 0 Å². The van der Waals surface area contributed by atoms with Crippen molar-refractivity contribution >= 4 is 33.2 Å². The van der Waals surface area contributed by atoms with Gasteiger partial charge in [-0.05, 0) is 46.3 Å². The molecule has 1 aromatic heterocycles. The molecule has 0 saturated carbocycles. The summed E-state index contributed by atoms with van der Waals surface area (Å²) in [6.45, 7) is 9.23. The highest BCUT2D eigenvalue weighted by Crippen LogP contribution is 2.27. The van der Waals surface area contributed by atoms with Crippen LogP contribution < -0.4 is 5.32 Å². The van der Waals surface area contributed by atoms with Crippen LogP contribution in [0.15, 0.2) is 9.85 Å². The monoisotopic (exact) mass is 303 g/mol. The topological polar surface area (TPSA) is 29.1 Å². The molecule has 0 saturated heterocycles. The lowest BCUT2D eigenvalue weighted by molar-refractivity contribution is 0.0949. The van der Waals surface area contributed by atoms with Crippen LogP contribution in [0.25, 0.3) is 0 Å². The summed E-state index contributed by atoms with van der Waals surface area (Å²) in [5.41, 5.74) is 1.12. The summed E-state index contributed by atoms with van der Waals surface area (Å²) >= 11 is 4.91. The first-order chi connectivity index (χ1) is 7.41. The minimum atomic E-state index is 0.0336. The molecular formula is C12H18BrNOS. The smallest absolute Gasteiger partial charge is 0.261 e. The summed E-state index contributed by atoms with van der Waals surface area (Å²) in [5, 5.41) is 2.97. The standard InChI is InChI=1S/C12H18BrNOS/c1-7(2)9(4)6-14-12(15)10-5-8(3)11(13)16-10/h5,7,9H,6H2,1-4H3,(H,14,15). The van der Waals surface area contributed by atoms with Gasteiger partial charge in [0, 0.05) is 6.54 Å². The number of aryl methyl sites for hydroxylation is 1. The van der Waals surface area contributed by atoms with E-state index in [2.05, 4.69) is 42.0 Å². The molecule has 16 heavy (non-hydrogen) atoms. The van der Waals surface area contributed by atoms with Crippen LogP contribution in [-0.4, -0.2) is 12.5 Å². The van der Waals surface area contributed by atoms with Crippen molar-refractivity contribution < 1.29 is 4.79 Å². The SMILES string of the molecule is Cc1cc(C(=O)NCC(C)C(C)C)sc1Br. The third kappa shape index (κ3) is 3.59. The summed E-state index contributed by atoms with van der Waals surface area (Å²) < 4.78 is 1.04. The second-order valence-corrected chi connectivity index (χ2v) is 6.87. The van der Waals surface area contributed by atoms with Crippen LogP contribution in [0.5, 0.6) is 0 Å². The number of carbonyl (C=O) groups is 1. The number of hydrogen-bond acceptors (Lipinski definition) is 2.